The monoisotopic (exact) mass is 394 g/mol. The van der Waals surface area contributed by atoms with Crippen LogP contribution in [0.2, 0.25) is 5.02 Å². The molecule has 0 bridgehead atoms. The van der Waals surface area contributed by atoms with E-state index in [0.717, 1.165) is 5.39 Å². The quantitative estimate of drug-likeness (QED) is 0.656. The fourth-order valence-electron chi connectivity index (χ4n) is 2.72. The SMILES string of the molecule is COc1ccc(C(=O)OCC(=O)Nc2ccc(C#N)c(Cl)c2)c2ccccc12. The molecular weight excluding hydrogens is 380 g/mol. The van der Waals surface area contributed by atoms with Crippen LogP contribution in [0, 0.1) is 11.3 Å². The predicted octanol–water partition coefficient (Wildman–Crippen LogP) is 4.17. The topological polar surface area (TPSA) is 88.4 Å². The lowest BCUT2D eigenvalue weighted by Gasteiger charge is -2.11. The Labute approximate surface area is 166 Å². The highest BCUT2D eigenvalue weighted by molar-refractivity contribution is 6.32. The Kier molecular flexibility index (Phi) is 5.78. The van der Waals surface area contributed by atoms with Crippen molar-refractivity contribution in [2.24, 2.45) is 0 Å². The molecule has 1 N–H and O–H groups in total. The third-order valence-electron chi connectivity index (χ3n) is 4.03. The van der Waals surface area contributed by atoms with Crippen LogP contribution in [0.1, 0.15) is 15.9 Å². The molecule has 0 radical (unpaired) electrons. The van der Waals surface area contributed by atoms with Crippen molar-refractivity contribution in [3.63, 3.8) is 0 Å². The Bertz CT molecular complexity index is 1110. The van der Waals surface area contributed by atoms with Crippen molar-refractivity contribution in [1.82, 2.24) is 0 Å². The van der Waals surface area contributed by atoms with Crippen molar-refractivity contribution in [3.8, 4) is 11.8 Å². The summed E-state index contributed by atoms with van der Waals surface area (Å²) in [4.78, 5) is 24.5. The van der Waals surface area contributed by atoms with E-state index < -0.39 is 18.5 Å². The van der Waals surface area contributed by atoms with Gasteiger partial charge in [-0.25, -0.2) is 4.79 Å². The number of ether oxygens (including phenoxy) is 2. The van der Waals surface area contributed by atoms with E-state index >= 15 is 0 Å². The van der Waals surface area contributed by atoms with Gasteiger partial charge in [0.05, 0.1) is 23.3 Å². The number of carbonyl (C=O) groups is 2. The van der Waals surface area contributed by atoms with E-state index in [1.54, 1.807) is 37.4 Å². The van der Waals surface area contributed by atoms with Gasteiger partial charge in [0.25, 0.3) is 5.91 Å². The van der Waals surface area contributed by atoms with Crippen LogP contribution in [0.3, 0.4) is 0 Å². The van der Waals surface area contributed by atoms with Crippen LogP contribution >= 0.6 is 11.6 Å². The van der Waals surface area contributed by atoms with Gasteiger partial charge in [-0.1, -0.05) is 35.9 Å². The third kappa shape index (κ3) is 4.05. The minimum Gasteiger partial charge on any atom is -0.496 e. The van der Waals surface area contributed by atoms with Gasteiger partial charge >= 0.3 is 5.97 Å². The number of rotatable bonds is 5. The van der Waals surface area contributed by atoms with Crippen molar-refractivity contribution in [2.45, 2.75) is 0 Å². The zero-order chi connectivity index (χ0) is 20.1. The lowest BCUT2D eigenvalue weighted by atomic mass is 10.0. The molecule has 0 aliphatic rings. The molecule has 0 aliphatic heterocycles. The average Bonchev–Trinajstić information content (AvgIpc) is 2.71. The Balaban J connectivity index is 1.69. The molecule has 3 aromatic rings. The van der Waals surface area contributed by atoms with Gasteiger partial charge in [-0.3, -0.25) is 4.79 Å². The molecule has 6 nitrogen and oxygen atoms in total. The summed E-state index contributed by atoms with van der Waals surface area (Å²) < 4.78 is 10.4. The highest BCUT2D eigenvalue weighted by atomic mass is 35.5. The van der Waals surface area contributed by atoms with E-state index in [2.05, 4.69) is 5.32 Å². The fraction of sp³-hybridized carbons (Fsp3) is 0.0952. The molecule has 0 fully saturated rings. The number of hydrogen-bond acceptors (Lipinski definition) is 5. The van der Waals surface area contributed by atoms with Gasteiger partial charge in [-0.15, -0.1) is 0 Å². The number of anilines is 1. The highest BCUT2D eigenvalue weighted by Crippen LogP contribution is 2.28. The first-order valence-electron chi connectivity index (χ1n) is 8.26. The first-order chi connectivity index (χ1) is 13.5. The zero-order valence-electron chi connectivity index (χ0n) is 14.9. The van der Waals surface area contributed by atoms with E-state index in [1.165, 1.54) is 12.1 Å². The van der Waals surface area contributed by atoms with Crippen molar-refractivity contribution in [3.05, 3.63) is 70.7 Å². The maximum atomic E-state index is 12.5. The van der Waals surface area contributed by atoms with Crippen molar-refractivity contribution in [2.75, 3.05) is 19.0 Å². The summed E-state index contributed by atoms with van der Waals surface area (Å²) in [7, 11) is 1.56. The van der Waals surface area contributed by atoms with E-state index in [0.29, 0.717) is 28.0 Å². The van der Waals surface area contributed by atoms with Gasteiger partial charge < -0.3 is 14.8 Å². The Morgan fingerprint density at radius 3 is 2.54 bits per heavy atom. The maximum absolute atomic E-state index is 12.5. The molecule has 0 spiro atoms. The first kappa shape index (κ1) is 19.2. The number of nitrogens with one attached hydrogen (secondary N) is 1. The minimum absolute atomic E-state index is 0.224. The lowest BCUT2D eigenvalue weighted by molar-refractivity contribution is -0.119. The zero-order valence-corrected chi connectivity index (χ0v) is 15.6. The van der Waals surface area contributed by atoms with E-state index in [4.69, 9.17) is 26.3 Å². The summed E-state index contributed by atoms with van der Waals surface area (Å²) in [5, 5.41) is 13.1. The van der Waals surface area contributed by atoms with Crippen molar-refractivity contribution < 1.29 is 19.1 Å². The standard InChI is InChI=1S/C21H15ClN2O4/c1-27-19-9-8-17(15-4-2-3-5-16(15)19)21(26)28-12-20(25)24-14-7-6-13(11-23)18(22)10-14/h2-10H,12H2,1H3,(H,24,25). The Morgan fingerprint density at radius 1 is 1.11 bits per heavy atom. The normalized spacial score (nSPS) is 10.2. The molecule has 0 aromatic heterocycles. The van der Waals surface area contributed by atoms with Gasteiger partial charge in [-0.05, 0) is 35.7 Å². The molecule has 0 unspecified atom stereocenters. The van der Waals surface area contributed by atoms with Gasteiger partial charge in [-0.2, -0.15) is 5.26 Å². The van der Waals surface area contributed by atoms with Crippen LogP contribution in [0.5, 0.6) is 5.75 Å². The molecule has 0 saturated carbocycles. The molecule has 0 aliphatic carbocycles. The smallest absolute Gasteiger partial charge is 0.339 e. The third-order valence-corrected chi connectivity index (χ3v) is 4.34. The maximum Gasteiger partial charge on any atom is 0.339 e. The molecule has 3 aromatic carbocycles. The summed E-state index contributed by atoms with van der Waals surface area (Å²) in [6, 6.07) is 17.0. The second-order valence-electron chi connectivity index (χ2n) is 5.79. The number of methoxy groups -OCH3 is 1. The Hall–Kier alpha value is -3.56. The highest BCUT2D eigenvalue weighted by Gasteiger charge is 2.15. The van der Waals surface area contributed by atoms with Gasteiger partial charge in [0.1, 0.15) is 11.8 Å². The van der Waals surface area contributed by atoms with Crippen LogP contribution in [0.25, 0.3) is 10.8 Å². The second-order valence-corrected chi connectivity index (χ2v) is 6.20. The molecule has 7 heteroatoms. The molecule has 0 atom stereocenters. The number of benzene rings is 3. The summed E-state index contributed by atoms with van der Waals surface area (Å²) in [6.07, 6.45) is 0. The number of carbonyl (C=O) groups excluding carboxylic acids is 2. The van der Waals surface area contributed by atoms with E-state index in [1.807, 2.05) is 18.2 Å². The molecule has 3 rings (SSSR count). The van der Waals surface area contributed by atoms with Crippen LogP contribution in [0.4, 0.5) is 5.69 Å². The van der Waals surface area contributed by atoms with Crippen LogP contribution < -0.4 is 10.1 Å². The first-order valence-corrected chi connectivity index (χ1v) is 8.63. The fourth-order valence-corrected chi connectivity index (χ4v) is 2.94. The molecule has 0 heterocycles. The lowest BCUT2D eigenvalue weighted by Crippen LogP contribution is -2.21. The van der Waals surface area contributed by atoms with Crippen LogP contribution in [0.15, 0.2) is 54.6 Å². The second kappa shape index (κ2) is 8.42. The molecular formula is C21H15ClN2O4. The van der Waals surface area contributed by atoms with Crippen molar-refractivity contribution in [1.29, 1.82) is 5.26 Å². The predicted molar refractivity (Wildman–Crippen MR) is 106 cm³/mol. The van der Waals surface area contributed by atoms with Crippen LogP contribution in [-0.2, 0) is 9.53 Å². The number of fused-ring (bicyclic) bond motifs is 1. The van der Waals surface area contributed by atoms with Gasteiger partial charge in [0.2, 0.25) is 0 Å². The molecule has 1 amide bonds. The number of hydrogen-bond donors (Lipinski definition) is 1. The largest absolute Gasteiger partial charge is 0.496 e. The summed E-state index contributed by atoms with van der Waals surface area (Å²) >= 11 is 5.93. The van der Waals surface area contributed by atoms with Crippen LogP contribution in [-0.4, -0.2) is 25.6 Å². The summed E-state index contributed by atoms with van der Waals surface area (Å²) in [5.41, 5.74) is 1.04. The number of nitrogens with zero attached hydrogens (tertiary/aromatic N) is 1. The van der Waals surface area contributed by atoms with Gasteiger partial charge in [0, 0.05) is 11.1 Å². The molecule has 28 heavy (non-hydrogen) atoms. The minimum atomic E-state index is -0.619. The Morgan fingerprint density at radius 2 is 1.86 bits per heavy atom. The molecule has 140 valence electrons. The number of amides is 1. The number of esters is 1. The summed E-state index contributed by atoms with van der Waals surface area (Å²) in [6.45, 7) is -0.461. The number of nitriles is 1. The van der Waals surface area contributed by atoms with Gasteiger partial charge in [0.15, 0.2) is 6.61 Å². The molecule has 0 saturated heterocycles. The summed E-state index contributed by atoms with van der Waals surface area (Å²) in [5.74, 6) is -0.499. The van der Waals surface area contributed by atoms with E-state index in [9.17, 15) is 9.59 Å². The van der Waals surface area contributed by atoms with E-state index in [-0.39, 0.29) is 5.02 Å². The van der Waals surface area contributed by atoms with Crippen molar-refractivity contribution >= 4 is 39.9 Å². The number of halogens is 1. The average molecular weight is 395 g/mol.